The third-order valence-corrected chi connectivity index (χ3v) is 3.40. The second-order valence-corrected chi connectivity index (χ2v) is 5.43. The molecule has 0 spiro atoms. The summed E-state index contributed by atoms with van der Waals surface area (Å²) in [7, 11) is 0. The van der Waals surface area contributed by atoms with Crippen LogP contribution in [0.15, 0.2) is 24.3 Å². The predicted octanol–water partition coefficient (Wildman–Crippen LogP) is 1.97. The van der Waals surface area contributed by atoms with Crippen LogP contribution in [0.25, 0.3) is 0 Å². The number of amides is 1. The van der Waals surface area contributed by atoms with Crippen molar-refractivity contribution >= 4 is 11.9 Å². The van der Waals surface area contributed by atoms with E-state index >= 15 is 0 Å². The molecule has 1 N–H and O–H groups in total. The third kappa shape index (κ3) is 5.81. The number of benzene rings is 1. The van der Waals surface area contributed by atoms with Crippen molar-refractivity contribution in [3.05, 3.63) is 35.6 Å². The molecule has 0 heterocycles. The maximum atomic E-state index is 13.2. The molecule has 1 amide bonds. The maximum absolute atomic E-state index is 13.2. The molecule has 22 heavy (non-hydrogen) atoms. The Morgan fingerprint density at radius 2 is 1.95 bits per heavy atom. The number of rotatable bonds is 8. The molecule has 5 nitrogen and oxygen atoms in total. The van der Waals surface area contributed by atoms with E-state index in [4.69, 9.17) is 5.11 Å². The van der Waals surface area contributed by atoms with Gasteiger partial charge in [-0.15, -0.1) is 0 Å². The maximum Gasteiger partial charge on any atom is 0.317 e. The number of carbonyl (C=O) groups excluding carboxylic acids is 1. The Labute approximate surface area is 130 Å². The number of carboxylic acids is 1. The first-order valence-corrected chi connectivity index (χ1v) is 7.31. The Kier molecular flexibility index (Phi) is 6.98. The highest BCUT2D eigenvalue weighted by molar-refractivity contribution is 5.79. The van der Waals surface area contributed by atoms with E-state index in [1.807, 2.05) is 20.8 Å². The minimum atomic E-state index is -0.963. The summed E-state index contributed by atoms with van der Waals surface area (Å²) in [4.78, 5) is 26.4. The molecular weight excluding hydrogens is 287 g/mol. The number of carbonyl (C=O) groups is 2. The lowest BCUT2D eigenvalue weighted by atomic mass is 10.2. The highest BCUT2D eigenvalue weighted by Gasteiger charge is 2.20. The van der Waals surface area contributed by atoms with E-state index in [-0.39, 0.29) is 30.9 Å². The molecule has 122 valence electrons. The van der Waals surface area contributed by atoms with E-state index < -0.39 is 5.97 Å². The molecule has 1 rings (SSSR count). The minimum absolute atomic E-state index is 0.0348. The number of aliphatic carboxylic acids is 1. The molecule has 0 saturated carbocycles. The van der Waals surface area contributed by atoms with Crippen molar-refractivity contribution in [3.63, 3.8) is 0 Å². The van der Waals surface area contributed by atoms with Gasteiger partial charge in [-0.2, -0.15) is 0 Å². The van der Waals surface area contributed by atoms with Crippen molar-refractivity contribution < 1.29 is 19.1 Å². The molecule has 1 aromatic carbocycles. The van der Waals surface area contributed by atoms with E-state index in [2.05, 4.69) is 0 Å². The van der Waals surface area contributed by atoms with Gasteiger partial charge < -0.3 is 10.0 Å². The molecule has 0 radical (unpaired) electrons. The van der Waals surface area contributed by atoms with Crippen molar-refractivity contribution in [2.24, 2.45) is 0 Å². The average Bonchev–Trinajstić information content (AvgIpc) is 2.43. The summed E-state index contributed by atoms with van der Waals surface area (Å²) in [5.74, 6) is -1.47. The van der Waals surface area contributed by atoms with Gasteiger partial charge in [0, 0.05) is 19.1 Å². The smallest absolute Gasteiger partial charge is 0.317 e. The van der Waals surface area contributed by atoms with Crippen LogP contribution in [0.5, 0.6) is 0 Å². The number of halogens is 1. The van der Waals surface area contributed by atoms with Crippen molar-refractivity contribution in [1.82, 2.24) is 9.80 Å². The highest BCUT2D eigenvalue weighted by Crippen LogP contribution is 2.09. The zero-order valence-electron chi connectivity index (χ0n) is 13.3. The van der Waals surface area contributed by atoms with Gasteiger partial charge >= 0.3 is 5.97 Å². The summed E-state index contributed by atoms with van der Waals surface area (Å²) < 4.78 is 13.2. The molecule has 0 aliphatic rings. The van der Waals surface area contributed by atoms with Crippen LogP contribution in [0, 0.1) is 5.82 Å². The van der Waals surface area contributed by atoms with Gasteiger partial charge in [0.15, 0.2) is 0 Å². The fourth-order valence-corrected chi connectivity index (χ4v) is 2.10. The molecule has 0 saturated heterocycles. The van der Waals surface area contributed by atoms with E-state index in [0.29, 0.717) is 18.7 Å². The molecular formula is C16H23FN2O3. The van der Waals surface area contributed by atoms with Crippen molar-refractivity contribution in [3.8, 4) is 0 Å². The lowest BCUT2D eigenvalue weighted by molar-refractivity contribution is -0.140. The van der Waals surface area contributed by atoms with Crippen LogP contribution >= 0.6 is 0 Å². The fraction of sp³-hybridized carbons (Fsp3) is 0.500. The lowest BCUT2D eigenvalue weighted by Gasteiger charge is -2.28. The lowest BCUT2D eigenvalue weighted by Crippen LogP contribution is -2.44. The van der Waals surface area contributed by atoms with E-state index in [1.54, 1.807) is 21.9 Å². The van der Waals surface area contributed by atoms with Crippen LogP contribution in [0.2, 0.25) is 0 Å². The summed E-state index contributed by atoms with van der Waals surface area (Å²) in [6.07, 6.45) is 0. The van der Waals surface area contributed by atoms with Crippen LogP contribution in [0.4, 0.5) is 4.39 Å². The Hall–Kier alpha value is -1.95. The molecule has 1 aromatic rings. The third-order valence-electron chi connectivity index (χ3n) is 3.40. The Morgan fingerprint density at radius 3 is 2.45 bits per heavy atom. The van der Waals surface area contributed by atoms with Crippen LogP contribution in [0.1, 0.15) is 26.3 Å². The van der Waals surface area contributed by atoms with Crippen molar-refractivity contribution in [1.29, 1.82) is 0 Å². The molecule has 0 aliphatic carbocycles. The Bertz CT molecular complexity index is 520. The molecule has 6 heteroatoms. The standard InChI is InChI=1S/C16H23FN2O3/c1-4-18(9-13-6-5-7-14(17)8-13)15(20)10-19(12(2)3)11-16(21)22/h5-8,12H,4,9-11H2,1-3H3,(H,21,22). The minimum Gasteiger partial charge on any atom is -0.480 e. The summed E-state index contributed by atoms with van der Waals surface area (Å²) >= 11 is 0. The topological polar surface area (TPSA) is 60.9 Å². The summed E-state index contributed by atoms with van der Waals surface area (Å²) in [5.41, 5.74) is 0.713. The van der Waals surface area contributed by atoms with E-state index in [9.17, 15) is 14.0 Å². The second kappa shape index (κ2) is 8.48. The Morgan fingerprint density at radius 1 is 1.27 bits per heavy atom. The molecule has 0 fully saturated rings. The first kappa shape index (κ1) is 18.1. The van der Waals surface area contributed by atoms with Gasteiger partial charge in [0.25, 0.3) is 0 Å². The normalized spacial score (nSPS) is 11.0. The predicted molar refractivity (Wildman–Crippen MR) is 81.8 cm³/mol. The summed E-state index contributed by atoms with van der Waals surface area (Å²) in [5, 5.41) is 8.90. The number of nitrogens with zero attached hydrogens (tertiary/aromatic N) is 2. The van der Waals surface area contributed by atoms with Gasteiger partial charge in [-0.25, -0.2) is 4.39 Å². The largest absolute Gasteiger partial charge is 0.480 e. The zero-order chi connectivity index (χ0) is 16.7. The number of hydrogen-bond acceptors (Lipinski definition) is 3. The van der Waals surface area contributed by atoms with Gasteiger partial charge in [-0.05, 0) is 38.5 Å². The number of likely N-dealkylation sites (N-methyl/N-ethyl adjacent to an activating group) is 1. The van der Waals surface area contributed by atoms with Crippen LogP contribution in [0.3, 0.4) is 0 Å². The monoisotopic (exact) mass is 310 g/mol. The first-order chi connectivity index (χ1) is 10.3. The summed E-state index contributed by atoms with van der Waals surface area (Å²) in [6.45, 7) is 6.18. The van der Waals surface area contributed by atoms with E-state index in [0.717, 1.165) is 0 Å². The number of carboxylic acid groups (broad SMARTS) is 1. The van der Waals surface area contributed by atoms with E-state index in [1.165, 1.54) is 12.1 Å². The zero-order valence-corrected chi connectivity index (χ0v) is 13.3. The van der Waals surface area contributed by atoms with Gasteiger partial charge in [0.1, 0.15) is 5.82 Å². The van der Waals surface area contributed by atoms with Crippen LogP contribution in [-0.4, -0.2) is 52.5 Å². The van der Waals surface area contributed by atoms with Gasteiger partial charge in [0.2, 0.25) is 5.91 Å². The highest BCUT2D eigenvalue weighted by atomic mass is 19.1. The average molecular weight is 310 g/mol. The molecule has 0 atom stereocenters. The first-order valence-electron chi connectivity index (χ1n) is 7.31. The Balaban J connectivity index is 2.72. The van der Waals surface area contributed by atoms with Gasteiger partial charge in [-0.3, -0.25) is 14.5 Å². The van der Waals surface area contributed by atoms with Crippen molar-refractivity contribution in [2.45, 2.75) is 33.4 Å². The fourth-order valence-electron chi connectivity index (χ4n) is 2.10. The SMILES string of the molecule is CCN(Cc1cccc(F)c1)C(=O)CN(CC(=O)O)C(C)C. The molecule has 0 aromatic heterocycles. The quantitative estimate of drug-likeness (QED) is 0.797. The van der Waals surface area contributed by atoms with Gasteiger partial charge in [0.05, 0.1) is 13.1 Å². The van der Waals surface area contributed by atoms with Gasteiger partial charge in [-0.1, -0.05) is 12.1 Å². The molecule has 0 bridgehead atoms. The van der Waals surface area contributed by atoms with Crippen molar-refractivity contribution in [2.75, 3.05) is 19.6 Å². The second-order valence-electron chi connectivity index (χ2n) is 5.43. The number of hydrogen-bond donors (Lipinski definition) is 1. The van der Waals surface area contributed by atoms with Crippen LogP contribution < -0.4 is 0 Å². The summed E-state index contributed by atoms with van der Waals surface area (Å²) in [6, 6.07) is 6.07. The molecule has 0 unspecified atom stereocenters. The van der Waals surface area contributed by atoms with Crippen LogP contribution in [-0.2, 0) is 16.1 Å². The molecule has 0 aliphatic heterocycles.